The van der Waals surface area contributed by atoms with E-state index in [1.165, 1.54) is 4.90 Å². The number of anilines is 1. The number of benzene rings is 2. The van der Waals surface area contributed by atoms with Gasteiger partial charge in [0.15, 0.2) is 0 Å². The number of hydrogen-bond donors (Lipinski definition) is 1. The average Bonchev–Trinajstić information content (AvgIpc) is 2.61. The van der Waals surface area contributed by atoms with E-state index in [0.29, 0.717) is 12.3 Å². The average molecular weight is 326 g/mol. The lowest BCUT2D eigenvalue weighted by molar-refractivity contribution is -0.143. The Hall–Kier alpha value is -2.66. The molecule has 1 N–H and O–H groups in total. The first-order valence-corrected chi connectivity index (χ1v) is 7.74. The van der Waals surface area contributed by atoms with Gasteiger partial charge in [0, 0.05) is 19.8 Å². The van der Waals surface area contributed by atoms with Crippen LogP contribution in [-0.2, 0) is 20.9 Å². The Morgan fingerprint density at radius 1 is 1.12 bits per heavy atom. The van der Waals surface area contributed by atoms with E-state index in [-0.39, 0.29) is 6.04 Å². The first-order chi connectivity index (χ1) is 11.5. The highest BCUT2D eigenvalue weighted by Crippen LogP contribution is 2.19. The van der Waals surface area contributed by atoms with Crippen LogP contribution in [0.5, 0.6) is 0 Å². The highest BCUT2D eigenvalue weighted by Gasteiger charge is 2.23. The number of likely N-dealkylation sites (N-methyl/N-ethyl adjacent to an activating group) is 1. The van der Waals surface area contributed by atoms with Crippen molar-refractivity contribution in [2.24, 2.45) is 0 Å². The van der Waals surface area contributed by atoms with Crippen molar-refractivity contribution in [3.8, 4) is 0 Å². The molecule has 0 radical (unpaired) electrons. The Morgan fingerprint density at radius 3 is 2.50 bits per heavy atom. The summed E-state index contributed by atoms with van der Waals surface area (Å²) in [6.07, 6.45) is 0. The molecule has 5 nitrogen and oxygen atoms in total. The molecule has 0 bridgehead atoms. The highest BCUT2D eigenvalue weighted by molar-refractivity contribution is 6.39. The number of rotatable bonds is 5. The molecule has 0 aliphatic carbocycles. The molecular formula is C19H22N2O3. The van der Waals surface area contributed by atoms with Gasteiger partial charge in [0.1, 0.15) is 0 Å². The van der Waals surface area contributed by atoms with Gasteiger partial charge in [-0.3, -0.25) is 9.59 Å². The lowest BCUT2D eigenvalue weighted by atomic mass is 10.1. The van der Waals surface area contributed by atoms with E-state index < -0.39 is 11.8 Å². The van der Waals surface area contributed by atoms with Crippen molar-refractivity contribution in [1.82, 2.24) is 4.90 Å². The summed E-state index contributed by atoms with van der Waals surface area (Å²) in [5.74, 6) is -1.24. The van der Waals surface area contributed by atoms with Gasteiger partial charge >= 0.3 is 11.8 Å². The van der Waals surface area contributed by atoms with Crippen LogP contribution in [-0.4, -0.2) is 30.9 Å². The molecular weight excluding hydrogens is 304 g/mol. The number of methoxy groups -OCH3 is 1. The second-order valence-corrected chi connectivity index (χ2v) is 5.59. The van der Waals surface area contributed by atoms with E-state index in [1.54, 1.807) is 26.3 Å². The van der Waals surface area contributed by atoms with Crippen LogP contribution in [0.1, 0.15) is 24.1 Å². The third-order valence-electron chi connectivity index (χ3n) is 3.87. The molecule has 2 rings (SSSR count). The predicted molar refractivity (Wildman–Crippen MR) is 93.4 cm³/mol. The van der Waals surface area contributed by atoms with E-state index in [1.807, 2.05) is 49.4 Å². The van der Waals surface area contributed by atoms with Gasteiger partial charge in [-0.2, -0.15) is 0 Å². The maximum absolute atomic E-state index is 12.4. The number of carbonyl (C=O) groups is 2. The van der Waals surface area contributed by atoms with Crippen molar-refractivity contribution >= 4 is 17.5 Å². The van der Waals surface area contributed by atoms with E-state index >= 15 is 0 Å². The van der Waals surface area contributed by atoms with E-state index in [4.69, 9.17) is 4.74 Å². The Labute approximate surface area is 142 Å². The fourth-order valence-electron chi connectivity index (χ4n) is 2.38. The largest absolute Gasteiger partial charge is 0.380 e. The smallest absolute Gasteiger partial charge is 0.313 e. The summed E-state index contributed by atoms with van der Waals surface area (Å²) in [6.45, 7) is 2.34. The molecule has 2 aromatic rings. The minimum atomic E-state index is -0.658. The molecule has 0 saturated heterocycles. The Balaban J connectivity index is 2.03. The lowest BCUT2D eigenvalue weighted by Crippen LogP contribution is -2.38. The number of nitrogens with one attached hydrogen (secondary N) is 1. The van der Waals surface area contributed by atoms with E-state index in [9.17, 15) is 9.59 Å². The molecule has 0 aliphatic rings. The molecule has 0 saturated carbocycles. The van der Waals surface area contributed by atoms with Gasteiger partial charge in [0.2, 0.25) is 0 Å². The van der Waals surface area contributed by atoms with Gasteiger partial charge in [-0.05, 0) is 30.2 Å². The molecule has 0 aromatic heterocycles. The number of nitrogens with zero attached hydrogens (tertiary/aromatic N) is 1. The third kappa shape index (κ3) is 4.43. The van der Waals surface area contributed by atoms with Crippen LogP contribution in [0.3, 0.4) is 0 Å². The van der Waals surface area contributed by atoms with Crippen molar-refractivity contribution in [3.63, 3.8) is 0 Å². The molecule has 0 unspecified atom stereocenters. The van der Waals surface area contributed by atoms with Crippen LogP contribution in [0.2, 0.25) is 0 Å². The summed E-state index contributed by atoms with van der Waals surface area (Å²) < 4.78 is 5.07. The molecule has 0 aliphatic heterocycles. The zero-order valence-electron chi connectivity index (χ0n) is 14.2. The van der Waals surface area contributed by atoms with Gasteiger partial charge in [0.05, 0.1) is 12.6 Å². The summed E-state index contributed by atoms with van der Waals surface area (Å²) in [4.78, 5) is 26.0. The maximum Gasteiger partial charge on any atom is 0.313 e. The number of hydrogen-bond acceptors (Lipinski definition) is 3. The summed E-state index contributed by atoms with van der Waals surface area (Å²) in [6, 6.07) is 16.6. The first-order valence-electron chi connectivity index (χ1n) is 7.74. The van der Waals surface area contributed by atoms with Crippen LogP contribution in [0.25, 0.3) is 0 Å². The number of ether oxygens (including phenoxy) is 1. The molecule has 5 heteroatoms. The Bertz CT molecular complexity index is 701. The molecule has 0 fully saturated rings. The normalized spacial score (nSPS) is 11.6. The zero-order valence-corrected chi connectivity index (χ0v) is 14.2. The van der Waals surface area contributed by atoms with Crippen LogP contribution in [0, 0.1) is 0 Å². The highest BCUT2D eigenvalue weighted by atomic mass is 16.5. The SMILES string of the molecule is COCc1cccc(NC(=O)C(=O)N(C)[C@@H](C)c2ccccc2)c1. The minimum Gasteiger partial charge on any atom is -0.380 e. The van der Waals surface area contributed by atoms with Crippen molar-refractivity contribution in [2.45, 2.75) is 19.6 Å². The van der Waals surface area contributed by atoms with Crippen molar-refractivity contribution < 1.29 is 14.3 Å². The third-order valence-corrected chi connectivity index (χ3v) is 3.87. The van der Waals surface area contributed by atoms with Crippen LogP contribution in [0.15, 0.2) is 54.6 Å². The summed E-state index contributed by atoms with van der Waals surface area (Å²) in [7, 11) is 3.23. The molecule has 0 heterocycles. The van der Waals surface area contributed by atoms with Gasteiger partial charge < -0.3 is 15.0 Å². The summed E-state index contributed by atoms with van der Waals surface area (Å²) >= 11 is 0. The lowest BCUT2D eigenvalue weighted by Gasteiger charge is -2.24. The second-order valence-electron chi connectivity index (χ2n) is 5.59. The summed E-state index contributed by atoms with van der Waals surface area (Å²) in [5, 5.41) is 2.64. The molecule has 1 atom stereocenters. The van der Waals surface area contributed by atoms with Gasteiger partial charge in [-0.1, -0.05) is 42.5 Å². The van der Waals surface area contributed by atoms with Crippen molar-refractivity contribution in [2.75, 3.05) is 19.5 Å². The van der Waals surface area contributed by atoms with Crippen molar-refractivity contribution in [3.05, 3.63) is 65.7 Å². The van der Waals surface area contributed by atoms with Crippen LogP contribution >= 0.6 is 0 Å². The second kappa shape index (κ2) is 8.26. The van der Waals surface area contributed by atoms with Crippen LogP contribution in [0.4, 0.5) is 5.69 Å². The standard InChI is InChI=1S/C19H22N2O3/c1-14(16-9-5-4-6-10-16)21(2)19(23)18(22)20-17-11-7-8-15(12-17)13-24-3/h4-12,14H,13H2,1-3H3,(H,20,22)/t14-/m0/s1. The molecule has 126 valence electrons. The number of carbonyl (C=O) groups excluding carboxylic acids is 2. The van der Waals surface area contributed by atoms with Crippen molar-refractivity contribution in [1.29, 1.82) is 0 Å². The monoisotopic (exact) mass is 326 g/mol. The van der Waals surface area contributed by atoms with Gasteiger partial charge in [0.25, 0.3) is 0 Å². The van der Waals surface area contributed by atoms with Gasteiger partial charge in [-0.15, -0.1) is 0 Å². The Morgan fingerprint density at radius 2 is 1.83 bits per heavy atom. The van der Waals surface area contributed by atoms with Crippen LogP contribution < -0.4 is 5.32 Å². The zero-order chi connectivity index (χ0) is 17.5. The van der Waals surface area contributed by atoms with Gasteiger partial charge in [-0.25, -0.2) is 0 Å². The quantitative estimate of drug-likeness (QED) is 0.859. The van der Waals surface area contributed by atoms with E-state index in [2.05, 4.69) is 5.32 Å². The fourth-order valence-corrected chi connectivity index (χ4v) is 2.38. The first kappa shape index (κ1) is 17.7. The fraction of sp³-hybridized carbons (Fsp3) is 0.263. The Kier molecular flexibility index (Phi) is 6.09. The predicted octanol–water partition coefficient (Wildman–Crippen LogP) is 2.99. The molecule has 2 amide bonds. The molecule has 0 spiro atoms. The van der Waals surface area contributed by atoms with E-state index in [0.717, 1.165) is 11.1 Å². The maximum atomic E-state index is 12.4. The summed E-state index contributed by atoms with van der Waals surface area (Å²) in [5.41, 5.74) is 2.47. The number of amides is 2. The molecule has 2 aromatic carbocycles. The topological polar surface area (TPSA) is 58.6 Å². The molecule has 24 heavy (non-hydrogen) atoms. The minimum absolute atomic E-state index is 0.190.